The number of amides is 4. The molecule has 0 unspecified atom stereocenters. The molecule has 15 heteroatoms. The maximum absolute atomic E-state index is 12.8. The molecule has 4 rings (SSSR count). The quantitative estimate of drug-likeness (QED) is 0.0784. The summed E-state index contributed by atoms with van der Waals surface area (Å²) in [6.07, 6.45) is 1.70. The monoisotopic (exact) mass is 843 g/mol. The van der Waals surface area contributed by atoms with Crippen LogP contribution in [0.5, 0.6) is 0 Å². The van der Waals surface area contributed by atoms with E-state index in [0.29, 0.717) is 0 Å². The van der Waals surface area contributed by atoms with Gasteiger partial charge in [-0.05, 0) is 11.1 Å². The van der Waals surface area contributed by atoms with E-state index in [1.54, 1.807) is 76.2 Å². The third-order valence-corrected chi connectivity index (χ3v) is 9.45. The van der Waals surface area contributed by atoms with Crippen LogP contribution in [-0.2, 0) is 60.8 Å². The van der Waals surface area contributed by atoms with E-state index in [4.69, 9.17) is 18.9 Å². The number of carbonyl (C=O) groups excluding carboxylic acids is 8. The number of carbonyl (C=O) groups is 8. The molecule has 0 radical (unpaired) electrons. The molecule has 2 aliphatic heterocycles. The molecule has 53 heavy (non-hydrogen) atoms. The molecule has 282 valence electrons. The molecule has 0 saturated heterocycles. The molecule has 2 heterocycles. The molecule has 0 fully saturated rings. The number of imide groups is 2. The normalized spacial score (nSPS) is 15.1. The van der Waals surface area contributed by atoms with Gasteiger partial charge in [-0.2, -0.15) is 0 Å². The minimum atomic E-state index is -1.87. The second-order valence-corrected chi connectivity index (χ2v) is 15.7. The van der Waals surface area contributed by atoms with Crippen molar-refractivity contribution in [2.24, 2.45) is 0 Å². The van der Waals surface area contributed by atoms with Crippen molar-refractivity contribution in [2.75, 3.05) is 13.2 Å². The fraction of sp³-hybridized carbons (Fsp3) is 0.368. The van der Waals surface area contributed by atoms with Crippen LogP contribution in [0, 0.1) is 0 Å². The van der Waals surface area contributed by atoms with E-state index >= 15 is 0 Å². The topological polar surface area (TPSA) is 180 Å². The van der Waals surface area contributed by atoms with Crippen LogP contribution in [-0.4, -0.2) is 77.7 Å². The van der Waals surface area contributed by atoms with Crippen molar-refractivity contribution in [1.29, 1.82) is 0 Å². The van der Waals surface area contributed by atoms with Crippen molar-refractivity contribution >= 4 is 43.5 Å². The second-order valence-electron chi connectivity index (χ2n) is 13.4. The van der Waals surface area contributed by atoms with Crippen LogP contribution in [0.25, 0.3) is 0 Å². The maximum atomic E-state index is 12.8. The molecule has 0 aliphatic carbocycles. The van der Waals surface area contributed by atoms with Gasteiger partial charge in [-0.3, -0.25) is 0 Å². The van der Waals surface area contributed by atoms with E-state index in [9.17, 15) is 38.4 Å². The minimum absolute atomic E-state index is 0.0636. The Balaban J connectivity index is 1.14. The molecule has 0 bridgehead atoms. The predicted molar refractivity (Wildman–Crippen MR) is 182 cm³/mol. The fourth-order valence-electron chi connectivity index (χ4n) is 5.05. The van der Waals surface area contributed by atoms with Crippen LogP contribution in [0.2, 0.25) is 0 Å². The second kappa shape index (κ2) is 18.0. The first-order chi connectivity index (χ1) is 25.0. The zero-order chi connectivity index (χ0) is 38.8. The van der Waals surface area contributed by atoms with Gasteiger partial charge in [0.15, 0.2) is 0 Å². The predicted octanol–water partition coefficient (Wildman–Crippen LogP) is 1.54. The molecule has 0 saturated carbocycles. The first-order valence-corrected chi connectivity index (χ1v) is 18.8. The van der Waals surface area contributed by atoms with Gasteiger partial charge in [0.05, 0.1) is 0 Å². The zero-order valence-corrected chi connectivity index (χ0v) is 31.9. The van der Waals surface area contributed by atoms with Crippen LogP contribution < -0.4 is 21.2 Å². The molecule has 0 atom stereocenters. The molecule has 0 aromatic heterocycles. The number of hydrogen-bond acceptors (Lipinski definition) is 12. The Morgan fingerprint density at radius 1 is 0.604 bits per heavy atom. The van der Waals surface area contributed by atoms with Gasteiger partial charge in [-0.15, -0.1) is 0 Å². The van der Waals surface area contributed by atoms with Crippen molar-refractivity contribution in [3.05, 3.63) is 95.1 Å². The summed E-state index contributed by atoms with van der Waals surface area (Å²) < 4.78 is 19.8. The van der Waals surface area contributed by atoms with E-state index in [-0.39, 0.29) is 63.1 Å². The van der Waals surface area contributed by atoms with Gasteiger partial charge in [0.2, 0.25) is 0 Å². The van der Waals surface area contributed by atoms with Gasteiger partial charge in [0, 0.05) is 0 Å². The summed E-state index contributed by atoms with van der Waals surface area (Å²) in [5.74, 6) is -3.97. The Morgan fingerprint density at radius 2 is 1.04 bits per heavy atom. The molecule has 2 aromatic rings. The summed E-state index contributed by atoms with van der Waals surface area (Å²) in [7, 11) is 0. The Hall–Kier alpha value is -5.19. The summed E-state index contributed by atoms with van der Waals surface area (Å²) in [6, 6.07) is 17.9. The molecule has 0 N–H and O–H groups in total. The average Bonchev–Trinajstić information content (AvgIpc) is 3.08. The van der Waals surface area contributed by atoms with Crippen molar-refractivity contribution in [3.63, 3.8) is 0 Å². The van der Waals surface area contributed by atoms with Crippen molar-refractivity contribution in [3.8, 4) is 0 Å². The number of ether oxygens (including phenoxy) is 4. The van der Waals surface area contributed by atoms with Gasteiger partial charge in [0.25, 0.3) is 0 Å². The molecule has 14 nitrogen and oxygen atoms in total. The van der Waals surface area contributed by atoms with Gasteiger partial charge in [0.1, 0.15) is 0 Å². The van der Waals surface area contributed by atoms with Crippen LogP contribution in [0.1, 0.15) is 64.5 Å². The summed E-state index contributed by atoms with van der Waals surface area (Å²) in [5.41, 5.74) is -0.886. The van der Waals surface area contributed by atoms with E-state index in [1.807, 2.05) is 12.1 Å². The Bertz CT molecular complexity index is 1820. The number of nitrogens with zero attached hydrogens (tertiary/aromatic N) is 2. The number of esters is 2. The number of halogens is 1. The molecule has 2 aliphatic rings. The van der Waals surface area contributed by atoms with Gasteiger partial charge in [-0.25, -0.2) is 0 Å². The average molecular weight is 844 g/mol. The third kappa shape index (κ3) is 12.5. The molecular formula is C38H40IN2O12-. The van der Waals surface area contributed by atoms with Gasteiger partial charge in [-0.1, -0.05) is 60.7 Å². The van der Waals surface area contributed by atoms with Crippen LogP contribution in [0.3, 0.4) is 0 Å². The zero-order valence-electron chi connectivity index (χ0n) is 29.8. The Morgan fingerprint density at radius 3 is 1.51 bits per heavy atom. The van der Waals surface area contributed by atoms with E-state index in [0.717, 1.165) is 33.1 Å². The van der Waals surface area contributed by atoms with E-state index in [2.05, 4.69) is 0 Å². The summed E-state index contributed by atoms with van der Waals surface area (Å²) in [5, 5.41) is 0. The summed E-state index contributed by atoms with van der Waals surface area (Å²) in [4.78, 5) is 103. The number of benzene rings is 2. The number of rotatable bonds is 16. The van der Waals surface area contributed by atoms with Crippen LogP contribution >= 0.6 is 0 Å². The third-order valence-electron chi connectivity index (χ3n) is 8.04. The summed E-state index contributed by atoms with van der Waals surface area (Å²) >= 11 is -1.87. The van der Waals surface area contributed by atoms with Crippen molar-refractivity contribution in [1.82, 2.24) is 9.80 Å². The fourth-order valence-corrected chi connectivity index (χ4v) is 6.49. The first-order valence-electron chi connectivity index (χ1n) is 16.6. The molecule has 2 aromatic carbocycles. The van der Waals surface area contributed by atoms with Gasteiger partial charge >= 0.3 is 246 Å². The SMILES string of the molecule is CC(C)(CCOC(=O)C1=CC(=O)N(Cc2ccccc2)C(=O)C1)OC(=O)[I-]C(=O)OCCC(C)(C)OC(=O)C1=CC(=O)N(Cc2ccccc2)C(=O)C1. The van der Waals surface area contributed by atoms with Crippen LogP contribution in [0.15, 0.2) is 84.0 Å². The standard InChI is InChI=1S/C38H40IN2O12/c1-37(2,52-34(47)28-21-31(44)41(32(45)22-28)24-26-13-9-6-10-14-26)16-18-51-35(48)39-36(49)53-38(3,4)15-17-50-33(46)27-19-29(42)40(30(43)20-27)23-25-11-7-5-8-12-25/h5-14,19,21H,15-18,20,22-24H2,1-4H3/q-1. The van der Waals surface area contributed by atoms with Crippen molar-refractivity contribution in [2.45, 2.75) is 77.7 Å². The van der Waals surface area contributed by atoms with E-state index < -0.39 is 75.9 Å². The van der Waals surface area contributed by atoms with Gasteiger partial charge < -0.3 is 0 Å². The first kappa shape index (κ1) is 40.6. The van der Waals surface area contributed by atoms with Crippen LogP contribution in [0.4, 0.5) is 9.59 Å². The number of hydrogen-bond donors (Lipinski definition) is 0. The molecule has 0 spiro atoms. The Kier molecular flexibility index (Phi) is 13.8. The molecular weight excluding hydrogens is 803 g/mol. The van der Waals surface area contributed by atoms with E-state index in [1.165, 1.54) is 0 Å². The Labute approximate surface area is 316 Å². The van der Waals surface area contributed by atoms with Crippen molar-refractivity contribution < 1.29 is 78.5 Å². The molecule has 4 amide bonds. The summed E-state index contributed by atoms with van der Waals surface area (Å²) in [6.45, 7) is 6.10.